The molecule has 2 unspecified atom stereocenters. The Morgan fingerprint density at radius 3 is 2.22 bits per heavy atom. The largest absolute Gasteiger partial charge is 0.464 e. The Balaban J connectivity index is 1.12. The predicted molar refractivity (Wildman–Crippen MR) is 138 cm³/mol. The van der Waals surface area contributed by atoms with Crippen molar-refractivity contribution in [3.8, 4) is 11.1 Å². The van der Waals surface area contributed by atoms with Crippen LogP contribution in [-0.4, -0.2) is 34.8 Å². The Hall–Kier alpha value is -3.57. The lowest BCUT2D eigenvalue weighted by molar-refractivity contribution is -0.0886. The van der Waals surface area contributed by atoms with Gasteiger partial charge in [0.05, 0.1) is 11.9 Å². The van der Waals surface area contributed by atoms with Gasteiger partial charge in [-0.1, -0.05) is 66.7 Å². The number of amides is 1. The van der Waals surface area contributed by atoms with Gasteiger partial charge in [0.1, 0.15) is 12.2 Å². The molecule has 36 heavy (non-hydrogen) atoms. The number of fused-ring (bicyclic) bond motifs is 6. The first-order valence-corrected chi connectivity index (χ1v) is 12.9. The molecule has 7 rings (SSSR count). The van der Waals surface area contributed by atoms with Crippen LogP contribution in [0.25, 0.3) is 22.1 Å². The number of rotatable bonds is 3. The molecule has 1 amide bonds. The van der Waals surface area contributed by atoms with Gasteiger partial charge in [0.25, 0.3) is 0 Å². The zero-order valence-corrected chi connectivity index (χ0v) is 20.1. The van der Waals surface area contributed by atoms with Gasteiger partial charge in [-0.15, -0.1) is 0 Å². The van der Waals surface area contributed by atoms with Crippen molar-refractivity contribution in [1.82, 2.24) is 4.90 Å². The fourth-order valence-electron chi connectivity index (χ4n) is 6.95. The van der Waals surface area contributed by atoms with Crippen molar-refractivity contribution < 1.29 is 19.1 Å². The predicted octanol–water partition coefficient (Wildman–Crippen LogP) is 6.59. The second-order valence-corrected chi connectivity index (χ2v) is 10.5. The number of ether oxygens (including phenoxy) is 1. The van der Waals surface area contributed by atoms with Gasteiger partial charge < -0.3 is 19.2 Å². The molecule has 5 heteroatoms. The first kappa shape index (κ1) is 21.7. The molecule has 1 N–H and O–H groups in total. The van der Waals surface area contributed by atoms with Crippen molar-refractivity contribution in [3.63, 3.8) is 0 Å². The standard InChI is InChI=1S/C31H29NO4/c33-30(36-18-27-24-12-3-1-10-22(24)23-11-2-4-13-25(23)27)32-20-8-7-9-21(32)17-31(34,16-20)28-19-35-29-15-6-5-14-26(28)29/h1-6,10-15,19-21,27,34H,7-9,16-18H2. The summed E-state index contributed by atoms with van der Waals surface area (Å²) in [7, 11) is 0. The van der Waals surface area contributed by atoms with Crippen molar-refractivity contribution in [2.45, 2.75) is 55.7 Å². The molecule has 1 aromatic heterocycles. The molecule has 0 radical (unpaired) electrons. The smallest absolute Gasteiger partial charge is 0.410 e. The molecule has 0 spiro atoms. The van der Waals surface area contributed by atoms with Crippen LogP contribution in [0.15, 0.2) is 83.5 Å². The maximum Gasteiger partial charge on any atom is 0.410 e. The van der Waals surface area contributed by atoms with E-state index in [0.717, 1.165) is 35.8 Å². The number of piperidine rings is 2. The number of nitrogens with zero attached hydrogens (tertiary/aromatic N) is 1. The first-order valence-electron chi connectivity index (χ1n) is 12.9. The van der Waals surface area contributed by atoms with Crippen LogP contribution >= 0.6 is 0 Å². The quantitative estimate of drug-likeness (QED) is 0.360. The summed E-state index contributed by atoms with van der Waals surface area (Å²) in [5.41, 5.74) is 5.48. The molecule has 3 heterocycles. The Bertz CT molecular complexity index is 1400. The van der Waals surface area contributed by atoms with E-state index >= 15 is 0 Å². The SMILES string of the molecule is O=C(OCC1c2ccccc2-c2ccccc21)N1C2CCCC1CC(O)(c1coc3ccccc13)C2. The van der Waals surface area contributed by atoms with Crippen molar-refractivity contribution in [2.24, 2.45) is 0 Å². The average Bonchev–Trinajstić information content (AvgIpc) is 3.47. The highest BCUT2D eigenvalue weighted by molar-refractivity contribution is 5.82. The molecule has 3 aromatic carbocycles. The van der Waals surface area contributed by atoms with E-state index in [1.54, 1.807) is 6.26 Å². The van der Waals surface area contributed by atoms with Crippen molar-refractivity contribution in [2.75, 3.05) is 6.61 Å². The fourth-order valence-corrected chi connectivity index (χ4v) is 6.95. The highest BCUT2D eigenvalue weighted by Crippen LogP contribution is 2.48. The van der Waals surface area contributed by atoms with Crippen molar-refractivity contribution >= 4 is 17.1 Å². The molecule has 2 aliphatic heterocycles. The summed E-state index contributed by atoms with van der Waals surface area (Å²) in [5, 5.41) is 12.8. The third kappa shape index (κ3) is 3.30. The minimum absolute atomic E-state index is 0.0419. The molecule has 2 bridgehead atoms. The highest BCUT2D eigenvalue weighted by Gasteiger charge is 2.49. The maximum absolute atomic E-state index is 13.5. The number of aliphatic hydroxyl groups is 1. The van der Waals surface area contributed by atoms with Crippen LogP contribution in [0.2, 0.25) is 0 Å². The highest BCUT2D eigenvalue weighted by atomic mass is 16.6. The van der Waals surface area contributed by atoms with Crippen LogP contribution in [0.5, 0.6) is 0 Å². The van der Waals surface area contributed by atoms with Crippen LogP contribution in [0.1, 0.15) is 54.7 Å². The van der Waals surface area contributed by atoms with Gasteiger partial charge in [-0.05, 0) is 47.6 Å². The summed E-state index contributed by atoms with van der Waals surface area (Å²) >= 11 is 0. The van der Waals surface area contributed by atoms with E-state index < -0.39 is 5.60 Å². The van der Waals surface area contributed by atoms with E-state index in [0.29, 0.717) is 19.4 Å². The van der Waals surface area contributed by atoms with E-state index in [4.69, 9.17) is 9.15 Å². The Kier molecular flexibility index (Phi) is 4.97. The lowest BCUT2D eigenvalue weighted by Crippen LogP contribution is -2.59. The van der Waals surface area contributed by atoms with Crippen LogP contribution in [0, 0.1) is 0 Å². The van der Waals surface area contributed by atoms with Gasteiger partial charge in [0, 0.05) is 41.8 Å². The Morgan fingerprint density at radius 1 is 0.917 bits per heavy atom. The number of benzene rings is 3. The molecule has 4 aromatic rings. The fraction of sp³-hybridized carbons (Fsp3) is 0.323. The lowest BCUT2D eigenvalue weighted by atomic mass is 9.72. The number of hydrogen-bond donors (Lipinski definition) is 1. The monoisotopic (exact) mass is 479 g/mol. The summed E-state index contributed by atoms with van der Waals surface area (Å²) in [6, 6.07) is 24.5. The van der Waals surface area contributed by atoms with Gasteiger partial charge in [0.2, 0.25) is 0 Å². The maximum atomic E-state index is 13.5. The molecule has 2 atom stereocenters. The van der Waals surface area contributed by atoms with E-state index in [1.165, 1.54) is 22.3 Å². The van der Waals surface area contributed by atoms with Crippen LogP contribution in [0.3, 0.4) is 0 Å². The van der Waals surface area contributed by atoms with E-state index in [-0.39, 0.29) is 24.1 Å². The number of hydrogen-bond acceptors (Lipinski definition) is 4. The van der Waals surface area contributed by atoms with Crippen molar-refractivity contribution in [1.29, 1.82) is 0 Å². The topological polar surface area (TPSA) is 62.9 Å². The van der Waals surface area contributed by atoms with Crippen LogP contribution < -0.4 is 0 Å². The lowest BCUT2D eigenvalue weighted by Gasteiger charge is -2.51. The third-order valence-corrected chi connectivity index (χ3v) is 8.54. The molecule has 2 saturated heterocycles. The Labute approximate surface area is 210 Å². The molecular formula is C31H29NO4. The first-order chi connectivity index (χ1) is 17.6. The van der Waals surface area contributed by atoms with Gasteiger partial charge in [-0.3, -0.25) is 0 Å². The van der Waals surface area contributed by atoms with E-state index in [9.17, 15) is 9.90 Å². The average molecular weight is 480 g/mol. The summed E-state index contributed by atoms with van der Waals surface area (Å²) in [4.78, 5) is 15.4. The summed E-state index contributed by atoms with van der Waals surface area (Å²) in [6.07, 6.45) is 5.24. The molecule has 2 fully saturated rings. The number of furan rings is 1. The second-order valence-electron chi connectivity index (χ2n) is 10.5. The van der Waals surface area contributed by atoms with Crippen LogP contribution in [-0.2, 0) is 10.3 Å². The second kappa shape index (κ2) is 8.24. The molecule has 3 aliphatic rings. The summed E-state index contributed by atoms with van der Waals surface area (Å²) in [6.45, 7) is 0.319. The van der Waals surface area contributed by atoms with Gasteiger partial charge in [-0.2, -0.15) is 0 Å². The molecule has 182 valence electrons. The Morgan fingerprint density at radius 2 is 1.53 bits per heavy atom. The minimum Gasteiger partial charge on any atom is -0.464 e. The number of carbonyl (C=O) groups is 1. The van der Waals surface area contributed by atoms with Gasteiger partial charge in [0.15, 0.2) is 0 Å². The number of para-hydroxylation sites is 1. The van der Waals surface area contributed by atoms with E-state index in [2.05, 4.69) is 48.5 Å². The zero-order chi connectivity index (χ0) is 24.3. The van der Waals surface area contributed by atoms with Gasteiger partial charge in [-0.25, -0.2) is 4.79 Å². The van der Waals surface area contributed by atoms with Gasteiger partial charge >= 0.3 is 6.09 Å². The molecular weight excluding hydrogens is 450 g/mol. The molecule has 1 aliphatic carbocycles. The van der Waals surface area contributed by atoms with Crippen molar-refractivity contribution in [3.05, 3.63) is 95.7 Å². The molecule has 0 saturated carbocycles. The normalized spacial score (nSPS) is 25.0. The molecule has 5 nitrogen and oxygen atoms in total. The van der Waals surface area contributed by atoms with E-state index in [1.807, 2.05) is 29.2 Å². The summed E-state index contributed by atoms with van der Waals surface area (Å²) in [5.74, 6) is 0.0419. The van der Waals surface area contributed by atoms with Crippen LogP contribution in [0.4, 0.5) is 4.79 Å². The zero-order valence-electron chi connectivity index (χ0n) is 20.1. The minimum atomic E-state index is -1.01. The summed E-state index contributed by atoms with van der Waals surface area (Å²) < 4.78 is 11.8. The third-order valence-electron chi connectivity index (χ3n) is 8.54. The number of carbonyl (C=O) groups excluding carboxylic acids is 1.